The number of hydrogen-bond acceptors (Lipinski definition) is 2. The van der Waals surface area contributed by atoms with Crippen molar-refractivity contribution in [3.63, 3.8) is 0 Å². The van der Waals surface area contributed by atoms with Gasteiger partial charge < -0.3 is 4.74 Å². The minimum Gasteiger partial charge on any atom is -0.462 e. The van der Waals surface area contributed by atoms with Gasteiger partial charge in [0.1, 0.15) is 5.82 Å². The van der Waals surface area contributed by atoms with Crippen molar-refractivity contribution in [3.05, 3.63) is 35.1 Å². The smallest absolute Gasteiger partial charge is 0.338 e. The SMILES string of the molecule is C[Si](C)(C)CCOC(=O)c1ccc(F)c(CBr)c1. The molecule has 0 unspecified atom stereocenters. The van der Waals surface area contributed by atoms with E-state index in [1.807, 2.05) is 0 Å². The molecular weight excluding hydrogens is 315 g/mol. The van der Waals surface area contributed by atoms with Crippen LogP contribution >= 0.6 is 15.9 Å². The molecule has 2 nitrogen and oxygen atoms in total. The average Bonchev–Trinajstić information content (AvgIpc) is 2.27. The van der Waals surface area contributed by atoms with Gasteiger partial charge in [-0.05, 0) is 29.8 Å². The number of esters is 1. The van der Waals surface area contributed by atoms with Crippen LogP contribution in [0.25, 0.3) is 0 Å². The van der Waals surface area contributed by atoms with Crippen molar-refractivity contribution in [2.24, 2.45) is 0 Å². The molecule has 0 aromatic heterocycles. The summed E-state index contributed by atoms with van der Waals surface area (Å²) in [5.41, 5.74) is 0.871. The highest BCUT2D eigenvalue weighted by atomic mass is 79.9. The van der Waals surface area contributed by atoms with E-state index in [4.69, 9.17) is 4.74 Å². The van der Waals surface area contributed by atoms with E-state index in [9.17, 15) is 9.18 Å². The molecule has 0 N–H and O–H groups in total. The lowest BCUT2D eigenvalue weighted by atomic mass is 10.1. The number of carbonyl (C=O) groups excluding carboxylic acids is 1. The number of halogens is 2. The lowest BCUT2D eigenvalue weighted by Gasteiger charge is -2.15. The average molecular weight is 333 g/mol. The third-order valence-corrected chi connectivity index (χ3v) is 4.82. The Hall–Kier alpha value is -0.683. The second kappa shape index (κ2) is 6.47. The molecule has 1 rings (SSSR count). The van der Waals surface area contributed by atoms with Crippen molar-refractivity contribution in [1.82, 2.24) is 0 Å². The number of carbonyl (C=O) groups is 1. The van der Waals surface area contributed by atoms with Crippen LogP contribution in [0, 0.1) is 5.82 Å². The van der Waals surface area contributed by atoms with Crippen LogP contribution in [0.1, 0.15) is 15.9 Å². The highest BCUT2D eigenvalue weighted by molar-refractivity contribution is 9.08. The molecule has 0 saturated heterocycles. The van der Waals surface area contributed by atoms with Gasteiger partial charge in [0.2, 0.25) is 0 Å². The standard InChI is InChI=1S/C13H18BrFO2Si/c1-18(2,3)7-6-17-13(16)10-4-5-12(15)11(8-10)9-14/h4-5,8H,6-7,9H2,1-3H3. The van der Waals surface area contributed by atoms with Gasteiger partial charge >= 0.3 is 5.97 Å². The molecule has 0 fully saturated rings. The van der Waals surface area contributed by atoms with Gasteiger partial charge in [0, 0.05) is 13.4 Å². The van der Waals surface area contributed by atoms with Crippen LogP contribution in [0.5, 0.6) is 0 Å². The highest BCUT2D eigenvalue weighted by Gasteiger charge is 2.15. The zero-order valence-corrected chi connectivity index (χ0v) is 13.5. The van der Waals surface area contributed by atoms with Crippen LogP contribution in [0.2, 0.25) is 25.7 Å². The second-order valence-corrected chi connectivity index (χ2v) is 11.6. The highest BCUT2D eigenvalue weighted by Crippen LogP contribution is 2.15. The molecule has 100 valence electrons. The van der Waals surface area contributed by atoms with Crippen LogP contribution in [-0.4, -0.2) is 20.7 Å². The summed E-state index contributed by atoms with van der Waals surface area (Å²) in [7, 11) is -1.20. The molecular formula is C13H18BrFO2Si. The molecule has 0 spiro atoms. The van der Waals surface area contributed by atoms with Gasteiger partial charge in [0.15, 0.2) is 0 Å². The molecule has 0 aliphatic rings. The number of rotatable bonds is 5. The van der Waals surface area contributed by atoms with Crippen LogP contribution in [-0.2, 0) is 10.1 Å². The Balaban J connectivity index is 2.62. The molecule has 0 saturated carbocycles. The maximum absolute atomic E-state index is 13.3. The van der Waals surface area contributed by atoms with E-state index in [-0.39, 0.29) is 11.8 Å². The molecule has 1 aromatic carbocycles. The van der Waals surface area contributed by atoms with Crippen molar-refractivity contribution >= 4 is 30.0 Å². The number of benzene rings is 1. The molecule has 1 aromatic rings. The predicted molar refractivity (Wildman–Crippen MR) is 77.5 cm³/mol. The van der Waals surface area contributed by atoms with E-state index in [0.29, 0.717) is 23.1 Å². The Morgan fingerprint density at radius 2 is 2.06 bits per heavy atom. The fourth-order valence-corrected chi connectivity index (χ4v) is 2.48. The largest absolute Gasteiger partial charge is 0.462 e. The Morgan fingerprint density at radius 3 is 2.61 bits per heavy atom. The molecule has 0 aliphatic heterocycles. The summed E-state index contributed by atoms with van der Waals surface area (Å²) in [6.45, 7) is 7.11. The van der Waals surface area contributed by atoms with Crippen LogP contribution < -0.4 is 0 Å². The van der Waals surface area contributed by atoms with Gasteiger partial charge in [0.05, 0.1) is 12.2 Å². The molecule has 0 heterocycles. The Morgan fingerprint density at radius 1 is 1.39 bits per heavy atom. The van der Waals surface area contributed by atoms with E-state index < -0.39 is 8.07 Å². The number of alkyl halides is 1. The molecule has 0 radical (unpaired) electrons. The third-order valence-electron chi connectivity index (χ3n) is 2.51. The van der Waals surface area contributed by atoms with Crippen molar-refractivity contribution in [3.8, 4) is 0 Å². The summed E-state index contributed by atoms with van der Waals surface area (Å²) >= 11 is 3.18. The summed E-state index contributed by atoms with van der Waals surface area (Å²) in [4.78, 5) is 11.8. The first-order valence-corrected chi connectivity index (χ1v) is 10.7. The minimum atomic E-state index is -1.20. The molecule has 0 bridgehead atoms. The Kier molecular flexibility index (Phi) is 5.53. The monoisotopic (exact) mass is 332 g/mol. The number of ether oxygens (including phenoxy) is 1. The first-order valence-electron chi connectivity index (χ1n) is 5.85. The topological polar surface area (TPSA) is 26.3 Å². The van der Waals surface area contributed by atoms with Gasteiger partial charge in [-0.3, -0.25) is 0 Å². The van der Waals surface area contributed by atoms with Crippen molar-refractivity contribution in [2.75, 3.05) is 6.61 Å². The van der Waals surface area contributed by atoms with Gasteiger partial charge in [0.25, 0.3) is 0 Å². The van der Waals surface area contributed by atoms with Crippen LogP contribution in [0.15, 0.2) is 18.2 Å². The minimum absolute atomic E-state index is 0.314. The first kappa shape index (κ1) is 15.4. The van der Waals surface area contributed by atoms with Crippen LogP contribution in [0.3, 0.4) is 0 Å². The molecule has 0 amide bonds. The van der Waals surface area contributed by atoms with Crippen molar-refractivity contribution < 1.29 is 13.9 Å². The molecule has 0 aliphatic carbocycles. The van der Waals surface area contributed by atoms with Gasteiger partial charge in [-0.15, -0.1) is 0 Å². The van der Waals surface area contributed by atoms with Gasteiger partial charge in [-0.2, -0.15) is 0 Å². The van der Waals surface area contributed by atoms with Gasteiger partial charge in [-0.25, -0.2) is 9.18 Å². The van der Waals surface area contributed by atoms with E-state index in [1.54, 1.807) is 0 Å². The second-order valence-electron chi connectivity index (χ2n) is 5.39. The normalized spacial score (nSPS) is 11.4. The zero-order valence-electron chi connectivity index (χ0n) is 10.9. The van der Waals surface area contributed by atoms with E-state index in [0.717, 1.165) is 6.04 Å². The molecule has 5 heteroatoms. The van der Waals surface area contributed by atoms with Crippen LogP contribution in [0.4, 0.5) is 4.39 Å². The van der Waals surface area contributed by atoms with E-state index >= 15 is 0 Å². The fourth-order valence-electron chi connectivity index (χ4n) is 1.34. The maximum atomic E-state index is 13.3. The molecule has 0 atom stereocenters. The van der Waals surface area contributed by atoms with Crippen molar-refractivity contribution in [1.29, 1.82) is 0 Å². The fraction of sp³-hybridized carbons (Fsp3) is 0.462. The van der Waals surface area contributed by atoms with E-state index in [1.165, 1.54) is 18.2 Å². The zero-order chi connectivity index (χ0) is 13.8. The maximum Gasteiger partial charge on any atom is 0.338 e. The van der Waals surface area contributed by atoms with Crippen molar-refractivity contribution in [2.45, 2.75) is 31.0 Å². The molecule has 18 heavy (non-hydrogen) atoms. The third kappa shape index (κ3) is 4.90. The predicted octanol–water partition coefficient (Wildman–Crippen LogP) is 4.22. The summed E-state index contributed by atoms with van der Waals surface area (Å²) < 4.78 is 18.5. The summed E-state index contributed by atoms with van der Waals surface area (Å²) in [6, 6.07) is 5.22. The Bertz CT molecular complexity index is 429. The lowest BCUT2D eigenvalue weighted by molar-refractivity contribution is 0.0525. The summed E-state index contributed by atoms with van der Waals surface area (Å²) in [6.07, 6.45) is 0. The summed E-state index contributed by atoms with van der Waals surface area (Å²) in [5, 5.41) is 0.384. The van der Waals surface area contributed by atoms with E-state index in [2.05, 4.69) is 35.6 Å². The summed E-state index contributed by atoms with van der Waals surface area (Å²) in [5.74, 6) is -0.694. The van der Waals surface area contributed by atoms with Gasteiger partial charge in [-0.1, -0.05) is 35.6 Å². The lowest BCUT2D eigenvalue weighted by Crippen LogP contribution is -2.22. The Labute approximate surface area is 117 Å². The first-order chi connectivity index (χ1) is 8.33. The quantitative estimate of drug-likeness (QED) is 0.458. The number of hydrogen-bond donors (Lipinski definition) is 0.